The second-order valence-corrected chi connectivity index (χ2v) is 4.89. The summed E-state index contributed by atoms with van der Waals surface area (Å²) in [5.74, 6) is 0. The number of quaternary nitrogens is 1. The molecule has 1 nitrogen and oxygen atoms in total. The molecule has 84 valence electrons. The van der Waals surface area contributed by atoms with Crippen LogP contribution in [-0.2, 0) is 6.54 Å². The van der Waals surface area contributed by atoms with E-state index in [9.17, 15) is 0 Å². The molecule has 0 spiro atoms. The number of hydrogen-bond donors (Lipinski definition) is 1. The van der Waals surface area contributed by atoms with Crippen LogP contribution in [-0.4, -0.2) is 6.54 Å². The Balaban J connectivity index is 2.10. The average molecular weight is 271 g/mol. The lowest BCUT2D eigenvalue weighted by molar-refractivity contribution is -0.671. The van der Waals surface area contributed by atoms with Crippen molar-refractivity contribution in [3.05, 3.63) is 34.3 Å². The molecule has 0 fully saturated rings. The number of halogens is 1. The Morgan fingerprint density at radius 1 is 1.20 bits per heavy atom. The highest BCUT2D eigenvalue weighted by molar-refractivity contribution is 9.10. The highest BCUT2D eigenvalue weighted by Crippen LogP contribution is 2.10. The first kappa shape index (κ1) is 12.7. The van der Waals surface area contributed by atoms with Gasteiger partial charge in [0.2, 0.25) is 0 Å². The SMILES string of the molecule is CCCCCC[NH2+]Cc1cccc(Br)c1. The molecule has 0 amide bonds. The fraction of sp³-hybridized carbons (Fsp3) is 0.538. The lowest BCUT2D eigenvalue weighted by atomic mass is 10.2. The second-order valence-electron chi connectivity index (χ2n) is 3.97. The van der Waals surface area contributed by atoms with Gasteiger partial charge in [-0.05, 0) is 25.0 Å². The molecular formula is C13H21BrN+. The Bertz CT molecular complexity index is 273. The molecule has 1 aromatic rings. The third-order valence-corrected chi connectivity index (χ3v) is 3.02. The molecule has 2 heteroatoms. The van der Waals surface area contributed by atoms with Crippen molar-refractivity contribution in [2.45, 2.75) is 39.2 Å². The summed E-state index contributed by atoms with van der Waals surface area (Å²) in [4.78, 5) is 0. The number of rotatable bonds is 7. The minimum Gasteiger partial charge on any atom is -0.343 e. The molecule has 1 rings (SSSR count). The van der Waals surface area contributed by atoms with Crippen LogP contribution in [0.1, 0.15) is 38.2 Å². The number of nitrogens with two attached hydrogens (primary N) is 1. The van der Waals surface area contributed by atoms with Crippen molar-refractivity contribution in [3.8, 4) is 0 Å². The predicted molar refractivity (Wildman–Crippen MR) is 68.8 cm³/mol. The molecule has 0 aliphatic rings. The first-order chi connectivity index (χ1) is 7.33. The summed E-state index contributed by atoms with van der Waals surface area (Å²) in [5.41, 5.74) is 1.40. The maximum absolute atomic E-state index is 3.49. The summed E-state index contributed by atoms with van der Waals surface area (Å²) in [7, 11) is 0. The molecule has 15 heavy (non-hydrogen) atoms. The zero-order valence-corrected chi connectivity index (χ0v) is 11.1. The highest BCUT2D eigenvalue weighted by atomic mass is 79.9. The first-order valence-corrected chi connectivity index (χ1v) is 6.68. The highest BCUT2D eigenvalue weighted by Gasteiger charge is 1.96. The summed E-state index contributed by atoms with van der Waals surface area (Å²) >= 11 is 3.49. The minimum absolute atomic E-state index is 1.10. The van der Waals surface area contributed by atoms with Crippen LogP contribution in [0.3, 0.4) is 0 Å². The van der Waals surface area contributed by atoms with Gasteiger partial charge in [0.05, 0.1) is 6.54 Å². The Labute approximate surface area is 101 Å². The molecule has 0 aliphatic heterocycles. The van der Waals surface area contributed by atoms with Crippen molar-refractivity contribution in [3.63, 3.8) is 0 Å². The summed E-state index contributed by atoms with van der Waals surface area (Å²) < 4.78 is 1.18. The molecule has 0 radical (unpaired) electrons. The van der Waals surface area contributed by atoms with Gasteiger partial charge in [-0.15, -0.1) is 0 Å². The van der Waals surface area contributed by atoms with Gasteiger partial charge in [-0.3, -0.25) is 0 Å². The Kier molecular flexibility index (Phi) is 6.69. The molecule has 0 heterocycles. The van der Waals surface area contributed by atoms with Crippen LogP contribution in [0.15, 0.2) is 28.7 Å². The summed E-state index contributed by atoms with van der Waals surface area (Å²) in [6, 6.07) is 8.56. The Morgan fingerprint density at radius 2 is 2.07 bits per heavy atom. The van der Waals surface area contributed by atoms with Gasteiger partial charge in [-0.2, -0.15) is 0 Å². The third-order valence-electron chi connectivity index (χ3n) is 2.53. The number of benzene rings is 1. The number of unbranched alkanes of at least 4 members (excludes halogenated alkanes) is 3. The van der Waals surface area contributed by atoms with Crippen LogP contribution >= 0.6 is 15.9 Å². The van der Waals surface area contributed by atoms with Gasteiger partial charge in [0.1, 0.15) is 6.54 Å². The molecule has 0 unspecified atom stereocenters. The smallest absolute Gasteiger partial charge is 0.101 e. The van der Waals surface area contributed by atoms with Crippen LogP contribution in [0.25, 0.3) is 0 Å². The van der Waals surface area contributed by atoms with Crippen molar-refractivity contribution in [1.29, 1.82) is 0 Å². The van der Waals surface area contributed by atoms with Gasteiger partial charge in [-0.25, -0.2) is 0 Å². The lowest BCUT2D eigenvalue weighted by Crippen LogP contribution is -2.82. The third kappa shape index (κ3) is 5.95. The van der Waals surface area contributed by atoms with E-state index in [1.54, 1.807) is 0 Å². The number of hydrogen-bond acceptors (Lipinski definition) is 0. The normalized spacial score (nSPS) is 10.5. The lowest BCUT2D eigenvalue weighted by Gasteiger charge is -2.02. The van der Waals surface area contributed by atoms with E-state index in [4.69, 9.17) is 0 Å². The predicted octanol–water partition coefficient (Wildman–Crippen LogP) is 3.09. The summed E-state index contributed by atoms with van der Waals surface area (Å²) in [6.07, 6.45) is 5.43. The van der Waals surface area contributed by atoms with E-state index in [2.05, 4.69) is 52.4 Å². The zero-order valence-electron chi connectivity index (χ0n) is 9.51. The van der Waals surface area contributed by atoms with Gasteiger partial charge >= 0.3 is 0 Å². The fourth-order valence-corrected chi connectivity index (χ4v) is 2.09. The van der Waals surface area contributed by atoms with Crippen LogP contribution in [0.5, 0.6) is 0 Å². The second kappa shape index (κ2) is 7.89. The largest absolute Gasteiger partial charge is 0.343 e. The molecule has 0 saturated heterocycles. The van der Waals surface area contributed by atoms with Crippen LogP contribution in [0.2, 0.25) is 0 Å². The molecule has 2 N–H and O–H groups in total. The van der Waals surface area contributed by atoms with E-state index in [-0.39, 0.29) is 0 Å². The van der Waals surface area contributed by atoms with Gasteiger partial charge in [0, 0.05) is 10.0 Å². The van der Waals surface area contributed by atoms with Crippen LogP contribution in [0.4, 0.5) is 0 Å². The van der Waals surface area contributed by atoms with E-state index in [1.165, 1.54) is 42.3 Å². The van der Waals surface area contributed by atoms with Gasteiger partial charge in [0.25, 0.3) is 0 Å². The van der Waals surface area contributed by atoms with E-state index in [0.717, 1.165) is 6.54 Å². The maximum Gasteiger partial charge on any atom is 0.101 e. The fourth-order valence-electron chi connectivity index (χ4n) is 1.65. The quantitative estimate of drug-likeness (QED) is 0.734. The molecular weight excluding hydrogens is 250 g/mol. The standard InChI is InChI=1S/C13H20BrN/c1-2-3-4-5-9-15-11-12-7-6-8-13(14)10-12/h6-8,10,15H,2-5,9,11H2,1H3/p+1. The van der Waals surface area contributed by atoms with Crippen LogP contribution < -0.4 is 5.32 Å². The van der Waals surface area contributed by atoms with Crippen molar-refractivity contribution in [2.75, 3.05) is 6.54 Å². The maximum atomic E-state index is 3.49. The van der Waals surface area contributed by atoms with Gasteiger partial charge in [-0.1, -0.05) is 47.8 Å². The molecule has 1 aromatic carbocycles. The molecule has 0 aromatic heterocycles. The molecule has 0 saturated carbocycles. The molecule has 0 atom stereocenters. The monoisotopic (exact) mass is 270 g/mol. The van der Waals surface area contributed by atoms with Crippen molar-refractivity contribution in [2.24, 2.45) is 0 Å². The van der Waals surface area contributed by atoms with E-state index >= 15 is 0 Å². The Hall–Kier alpha value is -0.340. The first-order valence-electron chi connectivity index (χ1n) is 5.89. The average Bonchev–Trinajstić information content (AvgIpc) is 2.23. The minimum atomic E-state index is 1.10. The molecule has 0 aliphatic carbocycles. The van der Waals surface area contributed by atoms with Gasteiger partial charge < -0.3 is 5.32 Å². The summed E-state index contributed by atoms with van der Waals surface area (Å²) in [5, 5.41) is 2.40. The van der Waals surface area contributed by atoms with E-state index < -0.39 is 0 Å². The zero-order chi connectivity index (χ0) is 10.9. The van der Waals surface area contributed by atoms with E-state index in [0.29, 0.717) is 0 Å². The van der Waals surface area contributed by atoms with Crippen molar-refractivity contribution < 1.29 is 5.32 Å². The Morgan fingerprint density at radius 3 is 2.80 bits per heavy atom. The van der Waals surface area contributed by atoms with Crippen LogP contribution in [0, 0.1) is 0 Å². The van der Waals surface area contributed by atoms with Crippen molar-refractivity contribution >= 4 is 15.9 Å². The molecule has 0 bridgehead atoms. The topological polar surface area (TPSA) is 16.6 Å². The van der Waals surface area contributed by atoms with Gasteiger partial charge in [0.15, 0.2) is 0 Å². The van der Waals surface area contributed by atoms with E-state index in [1.807, 2.05) is 0 Å². The summed E-state index contributed by atoms with van der Waals surface area (Å²) in [6.45, 7) is 4.61. The van der Waals surface area contributed by atoms with Crippen molar-refractivity contribution in [1.82, 2.24) is 0 Å².